The minimum atomic E-state index is 0.0760. The lowest BCUT2D eigenvalue weighted by atomic mass is 9.49. The topological polar surface area (TPSA) is 32.3 Å². The van der Waals surface area contributed by atoms with Crippen molar-refractivity contribution in [3.05, 3.63) is 0 Å². The van der Waals surface area contributed by atoms with Gasteiger partial charge in [0.1, 0.15) is 0 Å². The van der Waals surface area contributed by atoms with Crippen LogP contribution in [0.15, 0.2) is 0 Å². The van der Waals surface area contributed by atoms with Crippen molar-refractivity contribution in [1.29, 1.82) is 0 Å². The second-order valence-corrected chi connectivity index (χ2v) is 8.83. The Hall–Kier alpha value is -0.570. The van der Waals surface area contributed by atoms with Gasteiger partial charge in [-0.25, -0.2) is 0 Å². The van der Waals surface area contributed by atoms with E-state index >= 15 is 0 Å². The lowest BCUT2D eigenvalue weighted by Gasteiger charge is -2.57. The third-order valence-corrected chi connectivity index (χ3v) is 7.20. The quantitative estimate of drug-likeness (QED) is 0.866. The summed E-state index contributed by atoms with van der Waals surface area (Å²) in [6.45, 7) is 3.16. The molecule has 0 spiro atoms. The molecule has 1 aliphatic heterocycles. The van der Waals surface area contributed by atoms with Gasteiger partial charge in [0.2, 0.25) is 5.91 Å². The second kappa shape index (κ2) is 5.81. The van der Waals surface area contributed by atoms with Crippen molar-refractivity contribution in [2.75, 3.05) is 26.7 Å². The lowest BCUT2D eigenvalue weighted by molar-refractivity contribution is -0.159. The zero-order chi connectivity index (χ0) is 15.2. The Morgan fingerprint density at radius 1 is 1.05 bits per heavy atom. The van der Waals surface area contributed by atoms with Crippen LogP contribution in [-0.4, -0.2) is 37.5 Å². The number of hydrogen-bond donors (Lipinski definition) is 1. The molecule has 0 atom stereocenters. The van der Waals surface area contributed by atoms with E-state index in [1.54, 1.807) is 0 Å². The van der Waals surface area contributed by atoms with Crippen molar-refractivity contribution in [2.24, 2.45) is 29.1 Å². The van der Waals surface area contributed by atoms with Gasteiger partial charge in [-0.1, -0.05) is 0 Å². The molecule has 3 nitrogen and oxygen atoms in total. The standard InChI is InChI=1S/C19H32N2O/c1-20-5-2-14-3-6-21(7-4-14)18(22)19-11-15-8-16(12-19)10-17(9-15)13-19/h14-17,20H,2-13H2,1H3. The van der Waals surface area contributed by atoms with Gasteiger partial charge >= 0.3 is 0 Å². The summed E-state index contributed by atoms with van der Waals surface area (Å²) in [6, 6.07) is 0. The van der Waals surface area contributed by atoms with E-state index in [9.17, 15) is 4.79 Å². The number of carbonyl (C=O) groups is 1. The minimum Gasteiger partial charge on any atom is -0.342 e. The maximum Gasteiger partial charge on any atom is 0.228 e. The van der Waals surface area contributed by atoms with Crippen LogP contribution in [0.4, 0.5) is 0 Å². The molecule has 0 radical (unpaired) electrons. The van der Waals surface area contributed by atoms with E-state index in [2.05, 4.69) is 10.2 Å². The SMILES string of the molecule is CNCCC1CCN(C(=O)C23CC4CC(CC(C4)C2)C3)CC1. The second-order valence-electron chi connectivity index (χ2n) is 8.83. The molecule has 4 saturated carbocycles. The van der Waals surface area contributed by atoms with Gasteiger partial charge in [0.25, 0.3) is 0 Å². The molecule has 124 valence electrons. The summed E-state index contributed by atoms with van der Waals surface area (Å²) in [7, 11) is 2.03. The third kappa shape index (κ3) is 2.60. The summed E-state index contributed by atoms with van der Waals surface area (Å²) in [6.07, 6.45) is 11.7. The molecule has 4 bridgehead atoms. The smallest absolute Gasteiger partial charge is 0.228 e. The summed E-state index contributed by atoms with van der Waals surface area (Å²) in [5, 5.41) is 3.26. The van der Waals surface area contributed by atoms with Gasteiger partial charge in [-0.2, -0.15) is 0 Å². The summed E-state index contributed by atoms with van der Waals surface area (Å²) < 4.78 is 0. The Balaban J connectivity index is 1.38. The number of piperidine rings is 1. The molecule has 22 heavy (non-hydrogen) atoms. The van der Waals surface area contributed by atoms with Crippen LogP contribution >= 0.6 is 0 Å². The van der Waals surface area contributed by atoms with E-state index < -0.39 is 0 Å². The van der Waals surface area contributed by atoms with Crippen molar-refractivity contribution in [3.63, 3.8) is 0 Å². The molecule has 5 fully saturated rings. The van der Waals surface area contributed by atoms with Crippen LogP contribution in [0.3, 0.4) is 0 Å². The zero-order valence-electron chi connectivity index (χ0n) is 14.2. The first-order valence-electron chi connectivity index (χ1n) is 9.62. The fraction of sp³-hybridized carbons (Fsp3) is 0.947. The average molecular weight is 304 g/mol. The highest BCUT2D eigenvalue weighted by Gasteiger charge is 2.55. The fourth-order valence-corrected chi connectivity index (χ4v) is 6.48. The Labute approximate surface area is 135 Å². The van der Waals surface area contributed by atoms with Crippen LogP contribution in [0.1, 0.15) is 57.8 Å². The van der Waals surface area contributed by atoms with E-state index in [1.807, 2.05) is 7.05 Å². The first-order chi connectivity index (χ1) is 10.7. The predicted octanol–water partition coefficient (Wildman–Crippen LogP) is 3.05. The van der Waals surface area contributed by atoms with Crippen LogP contribution in [0, 0.1) is 29.1 Å². The molecule has 0 aromatic heterocycles. The summed E-state index contributed by atoms with van der Waals surface area (Å²) in [4.78, 5) is 15.5. The van der Waals surface area contributed by atoms with Gasteiger partial charge in [-0.15, -0.1) is 0 Å². The molecule has 5 rings (SSSR count). The van der Waals surface area contributed by atoms with Crippen molar-refractivity contribution in [3.8, 4) is 0 Å². The molecule has 0 unspecified atom stereocenters. The monoisotopic (exact) mass is 304 g/mol. The zero-order valence-corrected chi connectivity index (χ0v) is 14.2. The molecule has 1 N–H and O–H groups in total. The van der Waals surface area contributed by atoms with E-state index in [-0.39, 0.29) is 5.41 Å². The molecular weight excluding hydrogens is 272 g/mol. The van der Waals surface area contributed by atoms with Crippen molar-refractivity contribution >= 4 is 5.91 Å². The van der Waals surface area contributed by atoms with Gasteiger partial charge in [-0.3, -0.25) is 4.79 Å². The van der Waals surface area contributed by atoms with Crippen LogP contribution in [-0.2, 0) is 4.79 Å². The van der Waals surface area contributed by atoms with Gasteiger partial charge in [0.15, 0.2) is 0 Å². The van der Waals surface area contributed by atoms with Crippen molar-refractivity contribution in [1.82, 2.24) is 10.2 Å². The Kier molecular flexibility index (Phi) is 3.96. The molecule has 1 saturated heterocycles. The molecule has 0 aromatic rings. The molecule has 1 amide bonds. The molecule has 1 heterocycles. The average Bonchev–Trinajstić information content (AvgIpc) is 2.51. The number of rotatable bonds is 4. The lowest BCUT2D eigenvalue weighted by Crippen LogP contribution is -2.55. The maximum atomic E-state index is 13.3. The van der Waals surface area contributed by atoms with Crippen LogP contribution in [0.5, 0.6) is 0 Å². The van der Waals surface area contributed by atoms with E-state index in [0.29, 0.717) is 5.91 Å². The number of carbonyl (C=O) groups excluding carboxylic acids is 1. The fourth-order valence-electron chi connectivity index (χ4n) is 6.48. The number of hydrogen-bond acceptors (Lipinski definition) is 2. The molecule has 3 heteroatoms. The maximum absolute atomic E-state index is 13.3. The highest BCUT2D eigenvalue weighted by atomic mass is 16.2. The molecule has 4 aliphatic carbocycles. The molecule has 5 aliphatic rings. The van der Waals surface area contributed by atoms with Crippen LogP contribution < -0.4 is 5.32 Å². The summed E-state index contributed by atoms with van der Waals surface area (Å²) in [5.74, 6) is 4.02. The van der Waals surface area contributed by atoms with Crippen molar-refractivity contribution < 1.29 is 4.79 Å². The highest BCUT2D eigenvalue weighted by Crippen LogP contribution is 2.60. The van der Waals surface area contributed by atoms with Gasteiger partial charge in [-0.05, 0) is 95.1 Å². The Morgan fingerprint density at radius 3 is 2.09 bits per heavy atom. The number of nitrogens with one attached hydrogen (secondary N) is 1. The number of amides is 1. The van der Waals surface area contributed by atoms with Crippen LogP contribution in [0.25, 0.3) is 0 Å². The first-order valence-corrected chi connectivity index (χ1v) is 9.62. The first kappa shape index (κ1) is 15.0. The number of nitrogens with zero attached hydrogens (tertiary/aromatic N) is 1. The largest absolute Gasteiger partial charge is 0.342 e. The Morgan fingerprint density at radius 2 is 1.59 bits per heavy atom. The van der Waals surface area contributed by atoms with Crippen LogP contribution in [0.2, 0.25) is 0 Å². The van der Waals surface area contributed by atoms with E-state index in [4.69, 9.17) is 0 Å². The third-order valence-electron chi connectivity index (χ3n) is 7.20. The molecule has 0 aromatic carbocycles. The minimum absolute atomic E-state index is 0.0760. The Bertz CT molecular complexity index is 390. The number of likely N-dealkylation sites (tertiary alicyclic amines) is 1. The molecular formula is C19H32N2O. The van der Waals surface area contributed by atoms with Gasteiger partial charge in [0.05, 0.1) is 5.41 Å². The normalized spacial score (nSPS) is 41.1. The van der Waals surface area contributed by atoms with Gasteiger partial charge < -0.3 is 10.2 Å². The predicted molar refractivity (Wildman–Crippen MR) is 88.5 cm³/mol. The summed E-state index contributed by atoms with van der Waals surface area (Å²) in [5.41, 5.74) is 0.0760. The van der Waals surface area contributed by atoms with E-state index in [1.165, 1.54) is 57.8 Å². The van der Waals surface area contributed by atoms with E-state index in [0.717, 1.165) is 43.3 Å². The highest BCUT2D eigenvalue weighted by molar-refractivity contribution is 5.83. The van der Waals surface area contributed by atoms with Gasteiger partial charge in [0, 0.05) is 13.1 Å². The van der Waals surface area contributed by atoms with Crippen molar-refractivity contribution in [2.45, 2.75) is 57.8 Å². The summed E-state index contributed by atoms with van der Waals surface area (Å²) >= 11 is 0.